The van der Waals surface area contributed by atoms with Gasteiger partial charge < -0.3 is 4.90 Å². The zero-order chi connectivity index (χ0) is 19.0. The summed E-state index contributed by atoms with van der Waals surface area (Å²) in [5.74, 6) is -0.190. The average molecular weight is 391 g/mol. The van der Waals surface area contributed by atoms with Gasteiger partial charge in [0.05, 0.1) is 10.6 Å². The van der Waals surface area contributed by atoms with Crippen molar-refractivity contribution < 1.29 is 14.4 Å². The van der Waals surface area contributed by atoms with E-state index in [0.717, 1.165) is 38.2 Å². The number of rotatable bonds is 4. The minimum absolute atomic E-state index is 0.00368. The normalized spacial score (nSPS) is 21.7. The number of carbonyl (C=O) groups excluding carboxylic acids is 3. The Balaban J connectivity index is 1.37. The van der Waals surface area contributed by atoms with Gasteiger partial charge in [0, 0.05) is 58.7 Å². The van der Waals surface area contributed by atoms with Crippen molar-refractivity contribution in [3.8, 4) is 0 Å². The highest BCUT2D eigenvalue weighted by molar-refractivity contribution is 6.33. The molecule has 1 aromatic rings. The summed E-state index contributed by atoms with van der Waals surface area (Å²) in [6, 6.07) is 5.64. The zero-order valence-electron chi connectivity index (χ0n) is 15.2. The van der Waals surface area contributed by atoms with Crippen LogP contribution in [0.25, 0.3) is 0 Å². The molecular formula is C19H23ClN4O3. The molecule has 0 N–H and O–H groups in total. The fourth-order valence-electron chi connectivity index (χ4n) is 3.76. The van der Waals surface area contributed by atoms with Gasteiger partial charge in [0.1, 0.15) is 0 Å². The average Bonchev–Trinajstić information content (AvgIpc) is 2.94. The maximum Gasteiger partial charge on any atom is 0.255 e. The largest absolute Gasteiger partial charge is 0.338 e. The molecule has 144 valence electrons. The van der Waals surface area contributed by atoms with E-state index in [4.69, 9.17) is 11.6 Å². The van der Waals surface area contributed by atoms with Gasteiger partial charge in [-0.05, 0) is 24.1 Å². The summed E-state index contributed by atoms with van der Waals surface area (Å²) < 4.78 is 0. The number of amides is 3. The topological polar surface area (TPSA) is 64.2 Å². The lowest BCUT2D eigenvalue weighted by atomic mass is 10.1. The summed E-state index contributed by atoms with van der Waals surface area (Å²) in [5, 5.41) is 3.67. The number of carbonyl (C=O) groups is 3. The molecular weight excluding hydrogens is 368 g/mol. The fraction of sp³-hybridized carbons (Fsp3) is 0.526. The Morgan fingerprint density at radius 2 is 1.63 bits per heavy atom. The molecule has 0 bridgehead atoms. The van der Waals surface area contributed by atoms with Gasteiger partial charge in [-0.1, -0.05) is 17.7 Å². The lowest BCUT2D eigenvalue weighted by Gasteiger charge is -2.38. The number of halogens is 1. The lowest BCUT2D eigenvalue weighted by Crippen LogP contribution is -2.55. The molecule has 0 aromatic heterocycles. The maximum absolute atomic E-state index is 12.5. The molecule has 3 aliphatic rings. The number of imide groups is 1. The summed E-state index contributed by atoms with van der Waals surface area (Å²) in [6.45, 7) is 5.12. The van der Waals surface area contributed by atoms with Crippen LogP contribution in [0.4, 0.5) is 0 Å². The van der Waals surface area contributed by atoms with Crippen LogP contribution < -0.4 is 0 Å². The molecule has 3 amide bonds. The van der Waals surface area contributed by atoms with E-state index in [1.807, 2.05) is 22.0 Å². The van der Waals surface area contributed by atoms with Crippen molar-refractivity contribution in [3.63, 3.8) is 0 Å². The lowest BCUT2D eigenvalue weighted by molar-refractivity contribution is -0.160. The Bertz CT molecular complexity index is 756. The van der Waals surface area contributed by atoms with E-state index < -0.39 is 0 Å². The number of nitrogens with zero attached hydrogens (tertiary/aromatic N) is 4. The highest BCUT2D eigenvalue weighted by Crippen LogP contribution is 2.23. The number of likely N-dealkylation sites (tertiary alicyclic amines) is 1. The van der Waals surface area contributed by atoms with E-state index >= 15 is 0 Å². The van der Waals surface area contributed by atoms with Crippen LogP contribution in [0.3, 0.4) is 0 Å². The van der Waals surface area contributed by atoms with Crippen molar-refractivity contribution in [2.24, 2.45) is 0 Å². The smallest absolute Gasteiger partial charge is 0.255 e. The van der Waals surface area contributed by atoms with Crippen LogP contribution in [0.1, 0.15) is 35.2 Å². The Morgan fingerprint density at radius 3 is 2.22 bits per heavy atom. The van der Waals surface area contributed by atoms with Gasteiger partial charge in [0.2, 0.25) is 11.8 Å². The molecule has 3 fully saturated rings. The number of hydrogen-bond acceptors (Lipinski definition) is 5. The predicted molar refractivity (Wildman–Crippen MR) is 99.9 cm³/mol. The molecule has 0 aliphatic carbocycles. The third-order valence-corrected chi connectivity index (χ3v) is 5.80. The molecule has 3 saturated heterocycles. The third kappa shape index (κ3) is 3.72. The van der Waals surface area contributed by atoms with Gasteiger partial charge >= 0.3 is 0 Å². The summed E-state index contributed by atoms with van der Waals surface area (Å²) in [5.41, 5.74) is 1.62. The summed E-state index contributed by atoms with van der Waals surface area (Å²) in [6.07, 6.45) is 1.69. The van der Waals surface area contributed by atoms with Crippen molar-refractivity contribution in [1.29, 1.82) is 0 Å². The Kier molecular flexibility index (Phi) is 5.16. The van der Waals surface area contributed by atoms with E-state index in [9.17, 15) is 14.4 Å². The molecule has 0 saturated carbocycles. The fourth-order valence-corrected chi connectivity index (χ4v) is 3.96. The highest BCUT2D eigenvalue weighted by Gasteiger charge is 2.35. The SMILES string of the molecule is O=C(c1cc(CN2CCN(N3C(=O)CCC3=O)CC2)ccc1Cl)N1CCC1. The molecule has 3 aliphatic heterocycles. The molecule has 0 spiro atoms. The summed E-state index contributed by atoms with van der Waals surface area (Å²) in [7, 11) is 0. The van der Waals surface area contributed by atoms with Gasteiger partial charge in [-0.25, -0.2) is 10.0 Å². The zero-order valence-corrected chi connectivity index (χ0v) is 16.0. The first-order valence-electron chi connectivity index (χ1n) is 9.43. The number of hydrogen-bond donors (Lipinski definition) is 0. The van der Waals surface area contributed by atoms with Gasteiger partial charge in [-0.3, -0.25) is 19.3 Å². The van der Waals surface area contributed by atoms with E-state index in [-0.39, 0.29) is 17.7 Å². The van der Waals surface area contributed by atoms with Crippen molar-refractivity contribution in [1.82, 2.24) is 19.8 Å². The molecule has 8 heteroatoms. The summed E-state index contributed by atoms with van der Waals surface area (Å²) in [4.78, 5) is 40.3. The van der Waals surface area contributed by atoms with E-state index in [1.165, 1.54) is 5.01 Å². The molecule has 27 heavy (non-hydrogen) atoms. The van der Waals surface area contributed by atoms with Gasteiger partial charge in [0.15, 0.2) is 0 Å². The Hall–Kier alpha value is -1.96. The molecule has 1 aromatic carbocycles. The Labute approximate surface area is 163 Å². The molecule has 3 heterocycles. The number of piperazine rings is 1. The first-order chi connectivity index (χ1) is 13.0. The van der Waals surface area contributed by atoms with Crippen molar-refractivity contribution in [2.75, 3.05) is 39.3 Å². The minimum Gasteiger partial charge on any atom is -0.338 e. The van der Waals surface area contributed by atoms with Crippen molar-refractivity contribution in [3.05, 3.63) is 34.3 Å². The minimum atomic E-state index is -0.0969. The molecule has 7 nitrogen and oxygen atoms in total. The molecule has 0 atom stereocenters. The second-order valence-electron chi connectivity index (χ2n) is 7.29. The Morgan fingerprint density at radius 1 is 0.963 bits per heavy atom. The standard InChI is InChI=1S/C19H23ClN4O3/c20-16-3-2-14(12-15(16)19(27)22-6-1-7-22)13-21-8-10-23(11-9-21)24-17(25)4-5-18(24)26/h2-3,12H,1,4-11,13H2. The van der Waals surface area contributed by atoms with E-state index in [2.05, 4.69) is 4.90 Å². The quantitative estimate of drug-likeness (QED) is 0.726. The first-order valence-corrected chi connectivity index (χ1v) is 9.81. The maximum atomic E-state index is 12.5. The van der Waals surface area contributed by atoms with Crippen molar-refractivity contribution >= 4 is 29.3 Å². The van der Waals surface area contributed by atoms with Gasteiger partial charge in [-0.2, -0.15) is 0 Å². The predicted octanol–water partition coefficient (Wildman–Crippen LogP) is 1.37. The van der Waals surface area contributed by atoms with Crippen LogP contribution in [-0.2, 0) is 16.1 Å². The molecule has 4 rings (SSSR count). The molecule has 0 radical (unpaired) electrons. The van der Waals surface area contributed by atoms with E-state index in [1.54, 1.807) is 6.07 Å². The van der Waals surface area contributed by atoms with Crippen LogP contribution in [-0.4, -0.2) is 76.8 Å². The van der Waals surface area contributed by atoms with Crippen LogP contribution >= 0.6 is 11.6 Å². The monoisotopic (exact) mass is 390 g/mol. The second-order valence-corrected chi connectivity index (χ2v) is 7.70. The number of benzene rings is 1. The van der Waals surface area contributed by atoms with Crippen molar-refractivity contribution in [2.45, 2.75) is 25.8 Å². The van der Waals surface area contributed by atoms with Crippen LogP contribution in [0.15, 0.2) is 18.2 Å². The van der Waals surface area contributed by atoms with Gasteiger partial charge in [0.25, 0.3) is 5.91 Å². The van der Waals surface area contributed by atoms with E-state index in [0.29, 0.717) is 43.1 Å². The number of hydrazine groups is 1. The van der Waals surface area contributed by atoms with Gasteiger partial charge in [-0.15, -0.1) is 0 Å². The second kappa shape index (κ2) is 7.58. The van der Waals surface area contributed by atoms with Crippen LogP contribution in [0.2, 0.25) is 5.02 Å². The van der Waals surface area contributed by atoms with Crippen LogP contribution in [0, 0.1) is 0 Å². The highest BCUT2D eigenvalue weighted by atomic mass is 35.5. The van der Waals surface area contributed by atoms with Crippen LogP contribution in [0.5, 0.6) is 0 Å². The third-order valence-electron chi connectivity index (χ3n) is 5.47. The summed E-state index contributed by atoms with van der Waals surface area (Å²) >= 11 is 6.24. The first kappa shape index (κ1) is 18.4. The molecule has 0 unspecified atom stereocenters.